The molecule has 0 aromatic heterocycles. The van der Waals surface area contributed by atoms with Crippen molar-refractivity contribution in [3.8, 4) is 0 Å². The van der Waals surface area contributed by atoms with Gasteiger partial charge >= 0.3 is 0 Å². The van der Waals surface area contributed by atoms with Crippen molar-refractivity contribution in [3.05, 3.63) is 70.3 Å². The van der Waals surface area contributed by atoms with Crippen LogP contribution in [-0.2, 0) is 6.42 Å². The summed E-state index contributed by atoms with van der Waals surface area (Å²) in [6.07, 6.45) is 1.03. The lowest BCUT2D eigenvalue weighted by molar-refractivity contribution is 0.942. The Labute approximate surface area is 118 Å². The molecule has 0 amide bonds. The van der Waals surface area contributed by atoms with Gasteiger partial charge in [-0.1, -0.05) is 75.1 Å². The molecule has 2 aromatic rings. The highest BCUT2D eigenvalue weighted by Crippen LogP contribution is 2.28. The average Bonchev–Trinajstić information content (AvgIpc) is 2.27. The van der Waals surface area contributed by atoms with E-state index in [0.29, 0.717) is 4.83 Å². The van der Waals surface area contributed by atoms with Crippen molar-refractivity contribution < 1.29 is 0 Å². The van der Waals surface area contributed by atoms with E-state index >= 15 is 0 Å². The molecule has 0 spiro atoms. The molecule has 0 bridgehead atoms. The van der Waals surface area contributed by atoms with E-state index in [9.17, 15) is 0 Å². The lowest BCUT2D eigenvalue weighted by Gasteiger charge is -2.12. The zero-order chi connectivity index (χ0) is 13.1. The number of rotatable bonds is 3. The first kappa shape index (κ1) is 13.4. The van der Waals surface area contributed by atoms with Gasteiger partial charge in [0.1, 0.15) is 0 Å². The first-order valence-electron chi connectivity index (χ1n) is 6.32. The van der Waals surface area contributed by atoms with E-state index in [1.54, 1.807) is 0 Å². The minimum absolute atomic E-state index is 0.387. The van der Waals surface area contributed by atoms with Gasteiger partial charge in [-0.15, -0.1) is 0 Å². The molecule has 2 rings (SSSR count). The molecule has 0 aliphatic heterocycles. The van der Waals surface area contributed by atoms with Gasteiger partial charge in [0.15, 0.2) is 0 Å². The molecule has 0 aliphatic rings. The van der Waals surface area contributed by atoms with Gasteiger partial charge < -0.3 is 0 Å². The Kier molecular flexibility index (Phi) is 4.23. The number of hydrogen-bond acceptors (Lipinski definition) is 0. The van der Waals surface area contributed by atoms with Crippen molar-refractivity contribution in [2.75, 3.05) is 0 Å². The molecular weight excluding hydrogens is 284 g/mol. The van der Waals surface area contributed by atoms with Crippen molar-refractivity contribution in [2.24, 2.45) is 0 Å². The van der Waals surface area contributed by atoms with Crippen LogP contribution in [0.15, 0.2) is 42.5 Å². The second-order valence-electron chi connectivity index (χ2n) is 5.08. The first-order valence-corrected chi connectivity index (χ1v) is 7.24. The Morgan fingerprint density at radius 1 is 0.889 bits per heavy atom. The van der Waals surface area contributed by atoms with E-state index < -0.39 is 0 Å². The van der Waals surface area contributed by atoms with E-state index in [-0.39, 0.29) is 0 Å². The monoisotopic (exact) mass is 302 g/mol. The Morgan fingerprint density at radius 2 is 1.56 bits per heavy atom. The lowest BCUT2D eigenvalue weighted by Crippen LogP contribution is -1.97. The molecular formula is C17H19Br. The van der Waals surface area contributed by atoms with Gasteiger partial charge in [-0.3, -0.25) is 0 Å². The van der Waals surface area contributed by atoms with Crippen LogP contribution < -0.4 is 0 Å². The maximum absolute atomic E-state index is 3.82. The Morgan fingerprint density at radius 3 is 2.17 bits per heavy atom. The Bertz CT molecular complexity index is 523. The van der Waals surface area contributed by atoms with E-state index in [1.807, 2.05) is 0 Å². The molecule has 0 radical (unpaired) electrons. The van der Waals surface area contributed by atoms with Crippen LogP contribution in [0, 0.1) is 20.8 Å². The van der Waals surface area contributed by atoms with E-state index in [4.69, 9.17) is 0 Å². The van der Waals surface area contributed by atoms with Gasteiger partial charge in [-0.25, -0.2) is 0 Å². The van der Waals surface area contributed by atoms with Crippen LogP contribution in [0.4, 0.5) is 0 Å². The van der Waals surface area contributed by atoms with Gasteiger partial charge in [0.25, 0.3) is 0 Å². The van der Waals surface area contributed by atoms with Crippen LogP contribution in [0.3, 0.4) is 0 Å². The SMILES string of the molecule is Cc1cccc(CC(Br)c2cc(C)cc(C)c2)c1. The van der Waals surface area contributed by atoms with E-state index in [0.717, 1.165) is 6.42 Å². The Balaban J connectivity index is 2.19. The van der Waals surface area contributed by atoms with Crippen molar-refractivity contribution in [1.29, 1.82) is 0 Å². The van der Waals surface area contributed by atoms with Gasteiger partial charge in [0.2, 0.25) is 0 Å². The van der Waals surface area contributed by atoms with Crippen LogP contribution in [0.5, 0.6) is 0 Å². The normalized spacial score (nSPS) is 12.4. The fraction of sp³-hybridized carbons (Fsp3) is 0.294. The van der Waals surface area contributed by atoms with Crippen molar-refractivity contribution >= 4 is 15.9 Å². The summed E-state index contributed by atoms with van der Waals surface area (Å²) in [5.41, 5.74) is 6.75. The van der Waals surface area contributed by atoms with Crippen LogP contribution >= 0.6 is 15.9 Å². The van der Waals surface area contributed by atoms with Gasteiger partial charge in [0, 0.05) is 4.83 Å². The maximum atomic E-state index is 3.82. The van der Waals surface area contributed by atoms with Crippen LogP contribution in [0.25, 0.3) is 0 Å². The third-order valence-corrected chi connectivity index (χ3v) is 3.96. The van der Waals surface area contributed by atoms with Gasteiger partial charge in [0.05, 0.1) is 0 Å². The molecule has 94 valence electrons. The summed E-state index contributed by atoms with van der Waals surface area (Å²) in [6.45, 7) is 6.45. The molecule has 1 atom stereocenters. The van der Waals surface area contributed by atoms with Crippen LogP contribution in [0.1, 0.15) is 32.6 Å². The second kappa shape index (κ2) is 5.71. The number of aryl methyl sites for hydroxylation is 3. The predicted octanol–water partition coefficient (Wildman–Crippen LogP) is 5.29. The molecule has 0 aliphatic carbocycles. The van der Waals surface area contributed by atoms with Gasteiger partial charge in [-0.2, -0.15) is 0 Å². The average molecular weight is 303 g/mol. The highest BCUT2D eigenvalue weighted by Gasteiger charge is 2.09. The van der Waals surface area contributed by atoms with Crippen molar-refractivity contribution in [3.63, 3.8) is 0 Å². The second-order valence-corrected chi connectivity index (χ2v) is 6.19. The van der Waals surface area contributed by atoms with Crippen LogP contribution in [0.2, 0.25) is 0 Å². The largest absolute Gasteiger partial charge is 0.0835 e. The number of benzene rings is 2. The fourth-order valence-corrected chi connectivity index (χ4v) is 2.99. The van der Waals surface area contributed by atoms with Crippen molar-refractivity contribution in [1.82, 2.24) is 0 Å². The highest BCUT2D eigenvalue weighted by atomic mass is 79.9. The standard InChI is InChI=1S/C17H19Br/c1-12-5-4-6-15(8-12)11-17(18)16-9-13(2)7-14(3)10-16/h4-10,17H,11H2,1-3H3. The first-order chi connectivity index (χ1) is 8.54. The minimum atomic E-state index is 0.387. The summed E-state index contributed by atoms with van der Waals surface area (Å²) in [7, 11) is 0. The molecule has 18 heavy (non-hydrogen) atoms. The lowest BCUT2D eigenvalue weighted by atomic mass is 10.00. The molecule has 0 N–H and O–H groups in total. The minimum Gasteiger partial charge on any atom is -0.0835 e. The van der Waals surface area contributed by atoms with E-state index in [2.05, 4.69) is 79.2 Å². The molecule has 2 aromatic carbocycles. The number of hydrogen-bond donors (Lipinski definition) is 0. The van der Waals surface area contributed by atoms with Gasteiger partial charge in [-0.05, 0) is 38.3 Å². The molecule has 0 saturated carbocycles. The summed E-state index contributed by atoms with van der Waals surface area (Å²) < 4.78 is 0. The number of halogens is 1. The highest BCUT2D eigenvalue weighted by molar-refractivity contribution is 9.09. The molecule has 0 fully saturated rings. The molecule has 0 heterocycles. The summed E-state index contributed by atoms with van der Waals surface area (Å²) in [5.74, 6) is 0. The Hall–Kier alpha value is -1.08. The summed E-state index contributed by atoms with van der Waals surface area (Å²) in [4.78, 5) is 0.387. The van der Waals surface area contributed by atoms with E-state index in [1.165, 1.54) is 27.8 Å². The predicted molar refractivity (Wildman–Crippen MR) is 82.5 cm³/mol. The smallest absolute Gasteiger partial charge is 0.0435 e. The number of alkyl halides is 1. The molecule has 1 heteroatoms. The quantitative estimate of drug-likeness (QED) is 0.676. The third kappa shape index (κ3) is 3.46. The summed E-state index contributed by atoms with van der Waals surface area (Å²) in [6, 6.07) is 15.5. The van der Waals surface area contributed by atoms with Crippen molar-refractivity contribution in [2.45, 2.75) is 32.0 Å². The summed E-state index contributed by atoms with van der Waals surface area (Å²) in [5, 5.41) is 0. The maximum Gasteiger partial charge on any atom is 0.0435 e. The summed E-state index contributed by atoms with van der Waals surface area (Å²) >= 11 is 3.82. The topological polar surface area (TPSA) is 0 Å². The zero-order valence-corrected chi connectivity index (χ0v) is 12.8. The zero-order valence-electron chi connectivity index (χ0n) is 11.2. The third-order valence-electron chi connectivity index (χ3n) is 3.10. The molecule has 0 saturated heterocycles. The molecule has 0 nitrogen and oxygen atoms in total. The fourth-order valence-electron chi connectivity index (χ4n) is 2.35. The molecule has 1 unspecified atom stereocenters. The van der Waals surface area contributed by atoms with Crippen LogP contribution in [-0.4, -0.2) is 0 Å².